The third kappa shape index (κ3) is 6.57. The first kappa shape index (κ1) is 20.1. The number of rotatable bonds is 6. The van der Waals surface area contributed by atoms with E-state index in [4.69, 9.17) is 0 Å². The monoisotopic (exact) mass is 398 g/mol. The van der Waals surface area contributed by atoms with Gasteiger partial charge in [-0.25, -0.2) is 4.90 Å². The van der Waals surface area contributed by atoms with Crippen LogP contribution in [0.3, 0.4) is 0 Å². The standard InChI is InChI=1S/C14H30N4S2.BrH/c1-4-5-6-8-17-9-7-10-18(12-11-17)14-15-13(16(2)3)19-20-14;/h13-15H,4-12H2,1-3H3;1H. The minimum absolute atomic E-state index is 0. The van der Waals surface area contributed by atoms with Gasteiger partial charge in [-0.3, -0.25) is 10.2 Å². The van der Waals surface area contributed by atoms with Gasteiger partial charge in [0.25, 0.3) is 0 Å². The molecule has 2 fully saturated rings. The van der Waals surface area contributed by atoms with Crippen molar-refractivity contribution in [3.8, 4) is 0 Å². The second kappa shape index (κ2) is 10.7. The van der Waals surface area contributed by atoms with Gasteiger partial charge in [-0.05, 0) is 61.6 Å². The van der Waals surface area contributed by atoms with Crippen molar-refractivity contribution in [2.24, 2.45) is 0 Å². The zero-order chi connectivity index (χ0) is 14.4. The molecular formula is C14H31BrN4S2. The van der Waals surface area contributed by atoms with Crippen molar-refractivity contribution < 1.29 is 22.3 Å². The second-order valence-electron chi connectivity index (χ2n) is 6.07. The molecule has 0 aromatic heterocycles. The van der Waals surface area contributed by atoms with Crippen LogP contribution >= 0.6 is 21.6 Å². The lowest BCUT2D eigenvalue weighted by molar-refractivity contribution is -0.709. The van der Waals surface area contributed by atoms with E-state index in [9.17, 15) is 0 Å². The van der Waals surface area contributed by atoms with E-state index in [2.05, 4.69) is 41.0 Å². The van der Waals surface area contributed by atoms with Gasteiger partial charge in [0.1, 0.15) is 0 Å². The van der Waals surface area contributed by atoms with Crippen molar-refractivity contribution in [3.63, 3.8) is 0 Å². The van der Waals surface area contributed by atoms with Crippen LogP contribution in [0.5, 0.6) is 0 Å². The molecule has 0 amide bonds. The fourth-order valence-electron chi connectivity index (χ4n) is 2.81. The molecule has 0 radical (unpaired) electrons. The normalized spacial score (nSPS) is 28.6. The summed E-state index contributed by atoms with van der Waals surface area (Å²) in [5.41, 5.74) is 1.19. The summed E-state index contributed by atoms with van der Waals surface area (Å²) in [5, 5.41) is 2.52. The van der Waals surface area contributed by atoms with Crippen LogP contribution in [-0.4, -0.2) is 72.5 Å². The van der Waals surface area contributed by atoms with Crippen molar-refractivity contribution in [2.45, 2.75) is 43.6 Å². The molecular weight excluding hydrogens is 368 g/mol. The Kier molecular flexibility index (Phi) is 10.3. The van der Waals surface area contributed by atoms with Gasteiger partial charge in [0.2, 0.25) is 11.0 Å². The van der Waals surface area contributed by atoms with Gasteiger partial charge in [-0.2, -0.15) is 0 Å². The topological polar surface area (TPSA) is 26.3 Å². The van der Waals surface area contributed by atoms with E-state index in [1.165, 1.54) is 58.4 Å². The number of nitrogens with two attached hydrogens (primary N) is 1. The van der Waals surface area contributed by atoms with Crippen LogP contribution in [0.2, 0.25) is 0 Å². The molecule has 2 N–H and O–H groups in total. The molecule has 0 aliphatic carbocycles. The SMILES string of the molecule is CCCCCN1CCCN(C2[NH2+]C(N(C)C)SS2)CC1.[Br-]. The third-order valence-corrected chi connectivity index (χ3v) is 7.21. The summed E-state index contributed by atoms with van der Waals surface area (Å²) >= 11 is 0. The Balaban J connectivity index is 0.00000220. The minimum atomic E-state index is 0. The molecule has 4 nitrogen and oxygen atoms in total. The predicted molar refractivity (Wildman–Crippen MR) is 90.5 cm³/mol. The first-order valence-corrected chi connectivity index (χ1v) is 10.3. The Morgan fingerprint density at radius 3 is 2.57 bits per heavy atom. The van der Waals surface area contributed by atoms with Crippen LogP contribution in [0, 0.1) is 0 Å². The van der Waals surface area contributed by atoms with Gasteiger partial charge in [0.05, 0.1) is 0 Å². The Hall–Kier alpha value is 1.02. The Morgan fingerprint density at radius 2 is 1.90 bits per heavy atom. The number of hydrogen-bond acceptors (Lipinski definition) is 5. The van der Waals surface area contributed by atoms with E-state index in [1.807, 2.05) is 21.6 Å². The molecule has 21 heavy (non-hydrogen) atoms. The number of hydrogen-bond donors (Lipinski definition) is 1. The molecule has 0 aromatic carbocycles. The molecule has 2 heterocycles. The fourth-order valence-corrected chi connectivity index (χ4v) is 6.02. The highest BCUT2D eigenvalue weighted by Gasteiger charge is 2.36. The summed E-state index contributed by atoms with van der Waals surface area (Å²) in [6, 6.07) is 0. The molecule has 2 rings (SSSR count). The molecule has 2 aliphatic rings. The van der Waals surface area contributed by atoms with Gasteiger partial charge in [0.15, 0.2) is 0 Å². The van der Waals surface area contributed by atoms with Crippen molar-refractivity contribution in [1.29, 1.82) is 0 Å². The smallest absolute Gasteiger partial charge is 0.202 e. The van der Waals surface area contributed by atoms with Gasteiger partial charge in [-0.15, -0.1) is 0 Å². The highest BCUT2D eigenvalue weighted by Crippen LogP contribution is 2.33. The first-order valence-electron chi connectivity index (χ1n) is 8.00. The zero-order valence-electron chi connectivity index (χ0n) is 13.6. The number of unbranched alkanes of at least 4 members (excludes halogenated alkanes) is 2. The van der Waals surface area contributed by atoms with Gasteiger partial charge in [-0.1, -0.05) is 19.8 Å². The molecule has 7 heteroatoms. The number of nitrogens with zero attached hydrogens (tertiary/aromatic N) is 3. The van der Waals surface area contributed by atoms with E-state index in [0.717, 1.165) is 0 Å². The Bertz CT molecular complexity index is 284. The fraction of sp³-hybridized carbons (Fsp3) is 1.00. The summed E-state index contributed by atoms with van der Waals surface area (Å²) in [6.45, 7) is 8.64. The molecule has 0 aromatic rings. The van der Waals surface area contributed by atoms with Crippen LogP contribution in [0.15, 0.2) is 0 Å². The molecule has 0 spiro atoms. The third-order valence-electron chi connectivity index (χ3n) is 4.15. The van der Waals surface area contributed by atoms with Crippen molar-refractivity contribution in [1.82, 2.24) is 14.7 Å². The molecule has 126 valence electrons. The minimum Gasteiger partial charge on any atom is -1.00 e. The molecule has 0 saturated carbocycles. The second-order valence-corrected chi connectivity index (χ2v) is 8.57. The maximum Gasteiger partial charge on any atom is 0.202 e. The maximum absolute atomic E-state index is 2.68. The van der Waals surface area contributed by atoms with Crippen molar-refractivity contribution >= 4 is 21.6 Å². The average molecular weight is 399 g/mol. The lowest BCUT2D eigenvalue weighted by atomic mass is 10.2. The predicted octanol–water partition coefficient (Wildman–Crippen LogP) is -1.72. The summed E-state index contributed by atoms with van der Waals surface area (Å²) in [5.74, 6) is 0. The van der Waals surface area contributed by atoms with E-state index in [0.29, 0.717) is 11.0 Å². The Labute approximate surface area is 148 Å². The van der Waals surface area contributed by atoms with E-state index in [-0.39, 0.29) is 17.0 Å². The number of halogens is 1. The zero-order valence-corrected chi connectivity index (χ0v) is 16.9. The molecule has 2 saturated heterocycles. The molecule has 2 atom stereocenters. The van der Waals surface area contributed by atoms with E-state index in [1.54, 1.807) is 0 Å². The lowest BCUT2D eigenvalue weighted by Crippen LogP contribution is -3.00. The van der Waals surface area contributed by atoms with Crippen LogP contribution in [0.25, 0.3) is 0 Å². The van der Waals surface area contributed by atoms with Crippen LogP contribution in [0.1, 0.15) is 32.6 Å². The molecule has 2 unspecified atom stereocenters. The van der Waals surface area contributed by atoms with Crippen LogP contribution < -0.4 is 22.3 Å². The summed E-state index contributed by atoms with van der Waals surface area (Å²) < 4.78 is 0. The summed E-state index contributed by atoms with van der Waals surface area (Å²) in [7, 11) is 8.40. The first-order chi connectivity index (χ1) is 9.70. The lowest BCUT2D eigenvalue weighted by Gasteiger charge is -2.25. The summed E-state index contributed by atoms with van der Waals surface area (Å²) in [4.78, 5) is 7.67. The molecule has 2 aliphatic heterocycles. The summed E-state index contributed by atoms with van der Waals surface area (Å²) in [6.07, 6.45) is 5.41. The Morgan fingerprint density at radius 1 is 1.10 bits per heavy atom. The van der Waals surface area contributed by atoms with Crippen molar-refractivity contribution in [2.75, 3.05) is 46.8 Å². The maximum atomic E-state index is 2.68. The van der Waals surface area contributed by atoms with Crippen LogP contribution in [0.4, 0.5) is 0 Å². The largest absolute Gasteiger partial charge is 1.00 e. The van der Waals surface area contributed by atoms with Crippen molar-refractivity contribution in [3.05, 3.63) is 0 Å². The van der Waals surface area contributed by atoms with Crippen LogP contribution in [-0.2, 0) is 0 Å². The van der Waals surface area contributed by atoms with Gasteiger partial charge < -0.3 is 21.9 Å². The number of quaternary nitrogens is 1. The quantitative estimate of drug-likeness (QED) is 0.423. The average Bonchev–Trinajstić information content (AvgIpc) is 2.81. The van der Waals surface area contributed by atoms with Gasteiger partial charge in [0, 0.05) is 19.6 Å². The van der Waals surface area contributed by atoms with E-state index >= 15 is 0 Å². The molecule has 0 bridgehead atoms. The van der Waals surface area contributed by atoms with E-state index < -0.39 is 0 Å². The van der Waals surface area contributed by atoms with Gasteiger partial charge >= 0.3 is 0 Å². The highest BCUT2D eigenvalue weighted by atomic mass is 79.9. The highest BCUT2D eigenvalue weighted by molar-refractivity contribution is 8.77.